The van der Waals surface area contributed by atoms with Gasteiger partial charge in [-0.05, 0) is 47.1 Å². The van der Waals surface area contributed by atoms with E-state index in [-0.39, 0.29) is 6.04 Å². The fourth-order valence-electron chi connectivity index (χ4n) is 2.19. The number of halogens is 2. The number of nitrogens with zero attached hydrogens (tertiary/aromatic N) is 2. The predicted octanol–water partition coefficient (Wildman–Crippen LogP) is 3.63. The molecule has 19 heavy (non-hydrogen) atoms. The molecule has 0 bridgehead atoms. The van der Waals surface area contributed by atoms with Crippen molar-refractivity contribution in [1.82, 2.24) is 15.1 Å². The summed E-state index contributed by atoms with van der Waals surface area (Å²) in [5.74, 6) is 0. The Kier molecular flexibility index (Phi) is 4.71. The molecule has 0 spiro atoms. The van der Waals surface area contributed by atoms with Crippen LogP contribution >= 0.6 is 27.5 Å². The molecule has 0 fully saturated rings. The van der Waals surface area contributed by atoms with Crippen molar-refractivity contribution in [1.29, 1.82) is 0 Å². The lowest BCUT2D eigenvalue weighted by Crippen LogP contribution is -2.23. The third-order valence-electron chi connectivity index (χ3n) is 3.13. The van der Waals surface area contributed by atoms with Crippen LogP contribution in [0, 0.1) is 6.92 Å². The van der Waals surface area contributed by atoms with Gasteiger partial charge in [0.25, 0.3) is 0 Å². The molecule has 2 heterocycles. The maximum Gasteiger partial charge on any atom is 0.197 e. The Morgan fingerprint density at radius 1 is 1.58 bits per heavy atom. The highest BCUT2D eigenvalue weighted by Gasteiger charge is 2.20. The maximum absolute atomic E-state index is 6.08. The van der Waals surface area contributed by atoms with E-state index in [4.69, 9.17) is 16.0 Å². The largest absolute Gasteiger partial charge is 0.453 e. The van der Waals surface area contributed by atoms with Crippen molar-refractivity contribution in [2.45, 2.75) is 26.3 Å². The SMILES string of the molecule is CCNC(Cc1c(Br)c(C)nn1C)c1ccoc1Cl. The highest BCUT2D eigenvalue weighted by molar-refractivity contribution is 9.10. The summed E-state index contributed by atoms with van der Waals surface area (Å²) in [5.41, 5.74) is 3.11. The minimum absolute atomic E-state index is 0.113. The van der Waals surface area contributed by atoms with Crippen molar-refractivity contribution in [2.24, 2.45) is 7.05 Å². The summed E-state index contributed by atoms with van der Waals surface area (Å²) in [6, 6.07) is 2.02. The van der Waals surface area contributed by atoms with Gasteiger partial charge in [0.2, 0.25) is 0 Å². The molecule has 4 nitrogen and oxygen atoms in total. The lowest BCUT2D eigenvalue weighted by molar-refractivity contribution is 0.512. The van der Waals surface area contributed by atoms with E-state index in [9.17, 15) is 0 Å². The van der Waals surface area contributed by atoms with E-state index in [1.807, 2.05) is 24.7 Å². The summed E-state index contributed by atoms with van der Waals surface area (Å²) in [5, 5.41) is 8.29. The number of hydrogen-bond acceptors (Lipinski definition) is 3. The second-order valence-electron chi connectivity index (χ2n) is 4.43. The molecule has 0 saturated carbocycles. The molecule has 0 radical (unpaired) electrons. The first-order valence-electron chi connectivity index (χ1n) is 6.18. The van der Waals surface area contributed by atoms with Crippen LogP contribution in [0.2, 0.25) is 5.22 Å². The lowest BCUT2D eigenvalue weighted by Gasteiger charge is -2.17. The van der Waals surface area contributed by atoms with Crippen LogP contribution < -0.4 is 5.32 Å². The number of aromatic nitrogens is 2. The lowest BCUT2D eigenvalue weighted by atomic mass is 10.0. The predicted molar refractivity (Wildman–Crippen MR) is 79.5 cm³/mol. The van der Waals surface area contributed by atoms with E-state index in [1.165, 1.54) is 0 Å². The first-order valence-corrected chi connectivity index (χ1v) is 7.36. The molecule has 0 aliphatic carbocycles. The molecule has 6 heteroatoms. The average molecular weight is 347 g/mol. The molecular weight excluding hydrogens is 330 g/mol. The standard InChI is InChI=1S/C13H17BrClN3O/c1-4-16-10(9-5-6-19-13(9)15)7-11-12(14)8(2)17-18(11)3/h5-6,10,16H,4,7H2,1-3H3. The Morgan fingerprint density at radius 3 is 2.79 bits per heavy atom. The van der Waals surface area contributed by atoms with Gasteiger partial charge in [-0.1, -0.05) is 6.92 Å². The number of hydrogen-bond donors (Lipinski definition) is 1. The minimum atomic E-state index is 0.113. The number of aryl methyl sites for hydroxylation is 2. The Bertz CT molecular complexity index is 564. The van der Waals surface area contributed by atoms with Crippen molar-refractivity contribution in [3.05, 3.63) is 39.0 Å². The quantitative estimate of drug-likeness (QED) is 0.899. The van der Waals surface area contributed by atoms with Gasteiger partial charge in [-0.2, -0.15) is 5.10 Å². The fourth-order valence-corrected chi connectivity index (χ4v) is 2.93. The summed E-state index contributed by atoms with van der Waals surface area (Å²) in [7, 11) is 1.95. The Balaban J connectivity index is 2.29. The smallest absolute Gasteiger partial charge is 0.197 e. The zero-order valence-electron chi connectivity index (χ0n) is 11.2. The number of nitrogens with one attached hydrogen (secondary N) is 1. The molecule has 0 aliphatic rings. The molecule has 0 saturated heterocycles. The fraction of sp³-hybridized carbons (Fsp3) is 0.462. The maximum atomic E-state index is 6.08. The van der Waals surface area contributed by atoms with E-state index in [0.717, 1.165) is 34.4 Å². The van der Waals surface area contributed by atoms with E-state index in [1.54, 1.807) is 6.26 Å². The van der Waals surface area contributed by atoms with Gasteiger partial charge in [-0.25, -0.2) is 0 Å². The van der Waals surface area contributed by atoms with Gasteiger partial charge < -0.3 is 9.73 Å². The van der Waals surface area contributed by atoms with Crippen LogP contribution in [0.5, 0.6) is 0 Å². The van der Waals surface area contributed by atoms with Gasteiger partial charge in [-0.3, -0.25) is 4.68 Å². The van der Waals surface area contributed by atoms with Crippen molar-refractivity contribution >= 4 is 27.5 Å². The third kappa shape index (κ3) is 3.04. The van der Waals surface area contributed by atoms with Crippen LogP contribution in [0.3, 0.4) is 0 Å². The average Bonchev–Trinajstić information content (AvgIpc) is 2.88. The van der Waals surface area contributed by atoms with Gasteiger partial charge in [0.05, 0.1) is 22.1 Å². The number of likely N-dealkylation sites (N-methyl/N-ethyl adjacent to an activating group) is 1. The van der Waals surface area contributed by atoms with Crippen molar-refractivity contribution < 1.29 is 4.42 Å². The Morgan fingerprint density at radius 2 is 2.32 bits per heavy atom. The molecule has 1 atom stereocenters. The summed E-state index contributed by atoms with van der Waals surface area (Å²) >= 11 is 9.68. The van der Waals surface area contributed by atoms with Crippen molar-refractivity contribution in [3.8, 4) is 0 Å². The van der Waals surface area contributed by atoms with E-state index in [2.05, 4.69) is 33.3 Å². The van der Waals surface area contributed by atoms with Gasteiger partial charge in [0, 0.05) is 25.1 Å². The molecule has 1 unspecified atom stereocenters. The molecule has 2 rings (SSSR count). The summed E-state index contributed by atoms with van der Waals surface area (Å²) in [4.78, 5) is 0. The number of furan rings is 1. The van der Waals surface area contributed by atoms with Crippen LogP contribution in [-0.2, 0) is 13.5 Å². The first kappa shape index (κ1) is 14.6. The highest BCUT2D eigenvalue weighted by Crippen LogP contribution is 2.30. The van der Waals surface area contributed by atoms with E-state index >= 15 is 0 Å². The highest BCUT2D eigenvalue weighted by atomic mass is 79.9. The monoisotopic (exact) mass is 345 g/mol. The molecular formula is C13H17BrClN3O. The Labute approximate surface area is 126 Å². The van der Waals surface area contributed by atoms with Gasteiger partial charge in [0.15, 0.2) is 5.22 Å². The van der Waals surface area contributed by atoms with E-state index in [0.29, 0.717) is 5.22 Å². The molecule has 2 aromatic heterocycles. The van der Waals surface area contributed by atoms with Crippen LogP contribution in [-0.4, -0.2) is 16.3 Å². The van der Waals surface area contributed by atoms with Crippen molar-refractivity contribution in [2.75, 3.05) is 6.54 Å². The van der Waals surface area contributed by atoms with Gasteiger partial charge in [-0.15, -0.1) is 0 Å². The first-order chi connectivity index (χ1) is 9.04. The second-order valence-corrected chi connectivity index (χ2v) is 5.57. The van der Waals surface area contributed by atoms with Crippen LogP contribution in [0.25, 0.3) is 0 Å². The molecule has 0 aromatic carbocycles. The van der Waals surface area contributed by atoms with E-state index < -0.39 is 0 Å². The summed E-state index contributed by atoms with van der Waals surface area (Å²) < 4.78 is 8.14. The molecule has 104 valence electrons. The van der Waals surface area contributed by atoms with Gasteiger partial charge in [0.1, 0.15) is 0 Å². The second kappa shape index (κ2) is 6.11. The van der Waals surface area contributed by atoms with Crippen LogP contribution in [0.1, 0.15) is 29.9 Å². The minimum Gasteiger partial charge on any atom is -0.453 e. The number of rotatable bonds is 5. The van der Waals surface area contributed by atoms with Crippen molar-refractivity contribution in [3.63, 3.8) is 0 Å². The normalized spacial score (nSPS) is 12.9. The summed E-state index contributed by atoms with van der Waals surface area (Å²) in [6.07, 6.45) is 2.41. The Hall–Kier alpha value is -0.780. The molecule has 0 aliphatic heterocycles. The molecule has 2 aromatic rings. The summed E-state index contributed by atoms with van der Waals surface area (Å²) in [6.45, 7) is 4.92. The zero-order valence-corrected chi connectivity index (χ0v) is 13.5. The third-order valence-corrected chi connectivity index (χ3v) is 4.47. The van der Waals surface area contributed by atoms with Gasteiger partial charge >= 0.3 is 0 Å². The molecule has 1 N–H and O–H groups in total. The van der Waals surface area contributed by atoms with Crippen LogP contribution in [0.15, 0.2) is 21.2 Å². The topological polar surface area (TPSA) is 43.0 Å². The molecule has 0 amide bonds. The van der Waals surface area contributed by atoms with Crippen LogP contribution in [0.4, 0.5) is 0 Å². The zero-order chi connectivity index (χ0) is 14.0.